The van der Waals surface area contributed by atoms with Crippen LogP contribution in [-0.4, -0.2) is 43.2 Å². The zero-order chi connectivity index (χ0) is 18.7. The van der Waals surface area contributed by atoms with E-state index in [4.69, 9.17) is 9.26 Å². The van der Waals surface area contributed by atoms with Crippen LogP contribution in [-0.2, 0) is 34.3 Å². The molecule has 1 aromatic heterocycles. The third-order valence-corrected chi connectivity index (χ3v) is 6.24. The maximum Gasteiger partial charge on any atom is 0.261 e. The maximum atomic E-state index is 12.6. The Balaban J connectivity index is 1.82. The molecule has 0 bridgehead atoms. The number of ether oxygens (including phenoxy) is 1. The number of benzene rings is 1. The quantitative estimate of drug-likeness (QED) is 0.821. The fourth-order valence-corrected chi connectivity index (χ4v) is 4.07. The fraction of sp³-hybridized carbons (Fsp3) is 0.412. The fourth-order valence-electron chi connectivity index (χ4n) is 3.00. The molecule has 0 saturated carbocycles. The molecule has 0 atom stereocenters. The van der Waals surface area contributed by atoms with Crippen LogP contribution in [0.1, 0.15) is 34.1 Å². The number of nitrogens with one attached hydrogen (secondary N) is 1. The molecular weight excluding hydrogens is 358 g/mol. The van der Waals surface area contributed by atoms with E-state index in [0.717, 1.165) is 11.1 Å². The Kier molecular flexibility index (Phi) is 5.40. The molecule has 1 N–H and O–H groups in total. The zero-order valence-corrected chi connectivity index (χ0v) is 15.5. The topological polar surface area (TPSA) is 102 Å². The highest BCUT2D eigenvalue weighted by atomic mass is 32.2. The van der Waals surface area contributed by atoms with Gasteiger partial charge in [0.2, 0.25) is 10.0 Å². The van der Waals surface area contributed by atoms with Gasteiger partial charge in [-0.1, -0.05) is 17.3 Å². The van der Waals surface area contributed by atoms with E-state index < -0.39 is 10.0 Å². The number of aromatic nitrogens is 1. The van der Waals surface area contributed by atoms with E-state index in [1.54, 1.807) is 13.0 Å². The van der Waals surface area contributed by atoms with E-state index in [0.29, 0.717) is 36.5 Å². The second-order valence-corrected chi connectivity index (χ2v) is 8.25. The van der Waals surface area contributed by atoms with Crippen LogP contribution >= 0.6 is 0 Å². The van der Waals surface area contributed by atoms with Gasteiger partial charge in [0.15, 0.2) is 0 Å². The van der Waals surface area contributed by atoms with Crippen LogP contribution in [0.25, 0.3) is 0 Å². The lowest BCUT2D eigenvalue weighted by Crippen LogP contribution is -2.37. The molecule has 140 valence electrons. The molecule has 0 unspecified atom stereocenters. The predicted octanol–water partition coefficient (Wildman–Crippen LogP) is 1.78. The minimum Gasteiger partial charge on any atom is -0.378 e. The van der Waals surface area contributed by atoms with Gasteiger partial charge in [0.05, 0.1) is 12.4 Å². The van der Waals surface area contributed by atoms with E-state index >= 15 is 0 Å². The normalized spacial score (nSPS) is 14.8. The van der Waals surface area contributed by atoms with Crippen LogP contribution in [0.5, 0.6) is 0 Å². The Morgan fingerprint density at radius 1 is 1.42 bits per heavy atom. The Hall–Kier alpha value is -2.23. The van der Waals surface area contributed by atoms with Crippen molar-refractivity contribution < 1.29 is 22.5 Å². The van der Waals surface area contributed by atoms with E-state index in [2.05, 4.69) is 10.5 Å². The summed E-state index contributed by atoms with van der Waals surface area (Å²) >= 11 is 0. The summed E-state index contributed by atoms with van der Waals surface area (Å²) < 4.78 is 35.6. The monoisotopic (exact) mass is 379 g/mol. The number of nitrogens with zero attached hydrogens (tertiary/aromatic N) is 2. The zero-order valence-electron chi connectivity index (χ0n) is 14.7. The number of carbonyl (C=O) groups is 1. The molecule has 0 aliphatic carbocycles. The number of sulfonamides is 1. The van der Waals surface area contributed by atoms with Crippen molar-refractivity contribution in [1.82, 2.24) is 9.46 Å². The number of carbonyl (C=O) groups excluding carboxylic acids is 1. The van der Waals surface area contributed by atoms with Crippen LogP contribution in [0, 0.1) is 0 Å². The predicted molar refractivity (Wildman–Crippen MR) is 95.2 cm³/mol. The van der Waals surface area contributed by atoms with Crippen molar-refractivity contribution in [3.05, 3.63) is 46.8 Å². The number of fused-ring (bicyclic) bond motifs is 1. The molecule has 3 rings (SSSR count). The number of methoxy groups -OCH3 is 1. The minimum absolute atomic E-state index is 0.0779. The first kappa shape index (κ1) is 18.6. The lowest BCUT2D eigenvalue weighted by molar-refractivity contribution is 0.102. The molecule has 1 aliphatic rings. The van der Waals surface area contributed by atoms with Crippen molar-refractivity contribution in [1.29, 1.82) is 0 Å². The lowest BCUT2D eigenvalue weighted by atomic mass is 9.99. The minimum atomic E-state index is -3.24. The molecule has 9 heteroatoms. The molecule has 2 aromatic rings. The van der Waals surface area contributed by atoms with Crippen LogP contribution in [0.2, 0.25) is 0 Å². The summed E-state index contributed by atoms with van der Waals surface area (Å²) in [7, 11) is -1.72. The molecule has 26 heavy (non-hydrogen) atoms. The summed E-state index contributed by atoms with van der Waals surface area (Å²) in [5, 5.41) is 6.64. The van der Waals surface area contributed by atoms with Gasteiger partial charge in [-0.05, 0) is 30.5 Å². The first-order valence-corrected chi connectivity index (χ1v) is 9.89. The molecule has 0 saturated heterocycles. The number of rotatable bonds is 6. The van der Waals surface area contributed by atoms with Crippen LogP contribution in [0.4, 0.5) is 5.69 Å². The summed E-state index contributed by atoms with van der Waals surface area (Å²) in [5.74, 6) is -0.260. The third kappa shape index (κ3) is 3.64. The van der Waals surface area contributed by atoms with E-state index in [9.17, 15) is 13.2 Å². The van der Waals surface area contributed by atoms with Crippen LogP contribution < -0.4 is 5.32 Å². The molecule has 1 aromatic carbocycles. The highest BCUT2D eigenvalue weighted by Gasteiger charge is 2.27. The standard InChI is InChI=1S/C17H21N3O5S/c1-3-26(22,23)20-8-7-13-12(9-20)5-4-6-15(13)18-17(21)14-10-25-19-16(14)11-24-2/h4-6,10H,3,7-9,11H2,1-2H3,(H,18,21). The van der Waals surface area contributed by atoms with E-state index in [1.807, 2.05) is 12.1 Å². The van der Waals surface area contributed by atoms with Crippen molar-refractivity contribution in [2.45, 2.75) is 26.5 Å². The Morgan fingerprint density at radius 2 is 2.23 bits per heavy atom. The largest absolute Gasteiger partial charge is 0.378 e. The Labute approximate surface area is 152 Å². The summed E-state index contributed by atoms with van der Waals surface area (Å²) in [5.41, 5.74) is 3.26. The van der Waals surface area contributed by atoms with Crippen LogP contribution in [0.3, 0.4) is 0 Å². The van der Waals surface area contributed by atoms with E-state index in [1.165, 1.54) is 17.7 Å². The maximum absolute atomic E-state index is 12.6. The van der Waals surface area contributed by atoms with Gasteiger partial charge < -0.3 is 14.6 Å². The second kappa shape index (κ2) is 7.56. The van der Waals surface area contributed by atoms with Gasteiger partial charge in [-0.15, -0.1) is 0 Å². The van der Waals surface area contributed by atoms with Gasteiger partial charge >= 0.3 is 0 Å². The number of anilines is 1. The van der Waals surface area contributed by atoms with Gasteiger partial charge in [0.1, 0.15) is 17.5 Å². The average Bonchev–Trinajstić information content (AvgIpc) is 3.10. The van der Waals surface area contributed by atoms with E-state index in [-0.39, 0.29) is 18.3 Å². The average molecular weight is 379 g/mol. The molecule has 0 fully saturated rings. The van der Waals surface area contributed by atoms with Crippen molar-refractivity contribution in [3.63, 3.8) is 0 Å². The van der Waals surface area contributed by atoms with Crippen molar-refractivity contribution in [3.8, 4) is 0 Å². The van der Waals surface area contributed by atoms with Gasteiger partial charge in [0.25, 0.3) is 5.91 Å². The van der Waals surface area contributed by atoms with Crippen molar-refractivity contribution in [2.75, 3.05) is 24.7 Å². The first-order valence-electron chi connectivity index (χ1n) is 8.28. The number of hydrogen-bond acceptors (Lipinski definition) is 6. The lowest BCUT2D eigenvalue weighted by Gasteiger charge is -2.29. The SMILES string of the molecule is CCS(=O)(=O)N1CCc2c(cccc2NC(=O)c2conc2COC)C1. The molecule has 8 nitrogen and oxygen atoms in total. The Bertz CT molecular complexity index is 907. The Morgan fingerprint density at radius 3 is 2.96 bits per heavy atom. The highest BCUT2D eigenvalue weighted by Crippen LogP contribution is 2.28. The number of hydrogen-bond donors (Lipinski definition) is 1. The molecule has 0 spiro atoms. The van der Waals surface area contributed by atoms with Crippen LogP contribution in [0.15, 0.2) is 29.0 Å². The van der Waals surface area contributed by atoms with Crippen molar-refractivity contribution >= 4 is 21.6 Å². The van der Waals surface area contributed by atoms with Gasteiger partial charge in [-0.2, -0.15) is 4.31 Å². The summed E-state index contributed by atoms with van der Waals surface area (Å²) in [6.07, 6.45) is 1.83. The molecule has 0 radical (unpaired) electrons. The van der Waals surface area contributed by atoms with Gasteiger partial charge in [-0.3, -0.25) is 4.79 Å². The van der Waals surface area contributed by atoms with Gasteiger partial charge in [0, 0.05) is 25.9 Å². The molecule has 1 aliphatic heterocycles. The first-order chi connectivity index (χ1) is 12.5. The summed E-state index contributed by atoms with van der Waals surface area (Å²) in [6, 6.07) is 5.50. The molecular formula is C17H21N3O5S. The number of amides is 1. The smallest absolute Gasteiger partial charge is 0.261 e. The summed E-state index contributed by atoms with van der Waals surface area (Å²) in [4.78, 5) is 12.6. The molecule has 2 heterocycles. The third-order valence-electron chi connectivity index (χ3n) is 4.41. The molecule has 1 amide bonds. The summed E-state index contributed by atoms with van der Waals surface area (Å²) in [6.45, 7) is 2.53. The van der Waals surface area contributed by atoms with Crippen molar-refractivity contribution in [2.24, 2.45) is 0 Å². The van der Waals surface area contributed by atoms with Gasteiger partial charge in [-0.25, -0.2) is 8.42 Å². The second-order valence-electron chi connectivity index (χ2n) is 5.99. The highest BCUT2D eigenvalue weighted by molar-refractivity contribution is 7.89.